The lowest BCUT2D eigenvalue weighted by Crippen LogP contribution is -2.46. The number of fused-ring (bicyclic) bond motifs is 1. The van der Waals surface area contributed by atoms with Crippen molar-refractivity contribution in [1.29, 1.82) is 0 Å². The predicted octanol–water partition coefficient (Wildman–Crippen LogP) is 3.20. The molecule has 0 bridgehead atoms. The van der Waals surface area contributed by atoms with Crippen LogP contribution in [0.3, 0.4) is 0 Å². The van der Waals surface area contributed by atoms with Gasteiger partial charge in [-0.15, -0.1) is 0 Å². The van der Waals surface area contributed by atoms with Crippen LogP contribution in [0.1, 0.15) is 43.2 Å². The molecule has 9 nitrogen and oxygen atoms in total. The number of aryl methyl sites for hydroxylation is 1. The quantitative estimate of drug-likeness (QED) is 0.518. The number of anilines is 2. The van der Waals surface area contributed by atoms with E-state index >= 15 is 0 Å². The molecule has 2 aromatic carbocycles. The molecular weight excluding hydrogens is 494 g/mol. The SMILES string of the molecule is Cc1cccc(N(CC(=O)NC2CCCCC2)C(=O)C[S@](=O)CC(=O)Nc2ccc3c(c2)OCO3)c1C. The molecular formula is C27H33N3O6S. The third-order valence-corrected chi connectivity index (χ3v) is 7.83. The summed E-state index contributed by atoms with van der Waals surface area (Å²) in [4.78, 5) is 40.0. The van der Waals surface area contributed by atoms with E-state index < -0.39 is 22.6 Å². The lowest BCUT2D eigenvalue weighted by Gasteiger charge is -2.27. The third-order valence-electron chi connectivity index (χ3n) is 6.67. The summed E-state index contributed by atoms with van der Waals surface area (Å²) in [5.41, 5.74) is 2.93. The average Bonchev–Trinajstić information content (AvgIpc) is 3.33. The molecule has 1 atom stereocenters. The standard InChI is InChI=1S/C27H33N3O6S/c1-18-7-6-10-22(19(18)2)30(14-25(31)28-20-8-4-3-5-9-20)27(33)16-37(34)15-26(32)29-21-11-12-23-24(13-21)36-17-35-23/h6-7,10-13,20H,3-5,8-9,14-17H2,1-2H3,(H,28,31)(H,29,32)/t37-/m1/s1. The maximum atomic E-state index is 13.3. The molecule has 1 heterocycles. The number of nitrogens with zero attached hydrogens (tertiary/aromatic N) is 1. The molecule has 0 aromatic heterocycles. The number of hydrogen-bond acceptors (Lipinski definition) is 6. The first-order valence-corrected chi connectivity index (χ1v) is 14.0. The molecule has 3 amide bonds. The van der Waals surface area contributed by atoms with Gasteiger partial charge in [0, 0.05) is 34.3 Å². The van der Waals surface area contributed by atoms with Crippen LogP contribution in [0.4, 0.5) is 11.4 Å². The van der Waals surface area contributed by atoms with Crippen molar-refractivity contribution < 1.29 is 28.1 Å². The average molecular weight is 528 g/mol. The molecule has 198 valence electrons. The van der Waals surface area contributed by atoms with Gasteiger partial charge in [0.05, 0.1) is 0 Å². The number of carbonyl (C=O) groups is 3. The Kier molecular flexibility index (Phi) is 8.81. The van der Waals surface area contributed by atoms with Crippen molar-refractivity contribution in [2.24, 2.45) is 0 Å². The molecule has 1 saturated carbocycles. The minimum Gasteiger partial charge on any atom is -0.454 e. The number of nitrogens with one attached hydrogen (secondary N) is 2. The predicted molar refractivity (Wildman–Crippen MR) is 142 cm³/mol. The Labute approximate surface area is 219 Å². The van der Waals surface area contributed by atoms with E-state index in [2.05, 4.69) is 10.6 Å². The smallest absolute Gasteiger partial charge is 0.240 e. The van der Waals surface area contributed by atoms with Crippen LogP contribution in [0.25, 0.3) is 0 Å². The fourth-order valence-corrected chi connectivity index (χ4v) is 5.48. The van der Waals surface area contributed by atoms with Crippen molar-refractivity contribution in [3.8, 4) is 11.5 Å². The Balaban J connectivity index is 1.39. The molecule has 0 spiro atoms. The lowest BCUT2D eigenvalue weighted by atomic mass is 9.95. The highest BCUT2D eigenvalue weighted by atomic mass is 32.2. The third kappa shape index (κ3) is 7.09. The fourth-order valence-electron chi connectivity index (χ4n) is 4.58. The maximum absolute atomic E-state index is 13.3. The molecule has 1 aliphatic carbocycles. The highest BCUT2D eigenvalue weighted by Crippen LogP contribution is 2.34. The van der Waals surface area contributed by atoms with Gasteiger partial charge < -0.3 is 25.0 Å². The lowest BCUT2D eigenvalue weighted by molar-refractivity contribution is -0.123. The van der Waals surface area contributed by atoms with E-state index in [1.165, 1.54) is 11.3 Å². The Morgan fingerprint density at radius 1 is 0.973 bits per heavy atom. The molecule has 4 rings (SSSR count). The van der Waals surface area contributed by atoms with Gasteiger partial charge in [0.1, 0.15) is 18.1 Å². The zero-order valence-electron chi connectivity index (χ0n) is 21.2. The molecule has 0 radical (unpaired) electrons. The van der Waals surface area contributed by atoms with Gasteiger partial charge >= 0.3 is 0 Å². The van der Waals surface area contributed by atoms with Gasteiger partial charge in [-0.3, -0.25) is 18.6 Å². The fraction of sp³-hybridized carbons (Fsp3) is 0.444. The van der Waals surface area contributed by atoms with Gasteiger partial charge in [-0.25, -0.2) is 0 Å². The van der Waals surface area contributed by atoms with Gasteiger partial charge in [-0.05, 0) is 56.0 Å². The summed E-state index contributed by atoms with van der Waals surface area (Å²) in [6, 6.07) is 10.6. The van der Waals surface area contributed by atoms with Crippen molar-refractivity contribution in [2.75, 3.05) is 35.1 Å². The van der Waals surface area contributed by atoms with Crippen molar-refractivity contribution >= 4 is 39.9 Å². The first-order chi connectivity index (χ1) is 17.8. The van der Waals surface area contributed by atoms with E-state index in [0.717, 1.165) is 36.8 Å². The van der Waals surface area contributed by atoms with Crippen molar-refractivity contribution in [3.63, 3.8) is 0 Å². The van der Waals surface area contributed by atoms with Crippen LogP contribution in [0.5, 0.6) is 11.5 Å². The molecule has 0 unspecified atom stereocenters. The number of carbonyl (C=O) groups excluding carboxylic acids is 3. The van der Waals surface area contributed by atoms with Gasteiger partial charge in [-0.1, -0.05) is 31.4 Å². The molecule has 37 heavy (non-hydrogen) atoms. The minimum absolute atomic E-state index is 0.116. The molecule has 10 heteroatoms. The highest BCUT2D eigenvalue weighted by Gasteiger charge is 2.25. The van der Waals surface area contributed by atoms with Gasteiger partial charge in [-0.2, -0.15) is 0 Å². The molecule has 1 fully saturated rings. The summed E-state index contributed by atoms with van der Waals surface area (Å²) >= 11 is 0. The summed E-state index contributed by atoms with van der Waals surface area (Å²) in [6.07, 6.45) is 5.21. The monoisotopic (exact) mass is 527 g/mol. The van der Waals surface area contributed by atoms with E-state index in [0.29, 0.717) is 22.9 Å². The summed E-state index contributed by atoms with van der Waals surface area (Å²) in [5, 5.41) is 5.72. The Bertz CT molecular complexity index is 1190. The number of rotatable bonds is 9. The number of hydrogen-bond donors (Lipinski definition) is 2. The largest absolute Gasteiger partial charge is 0.454 e. The number of ether oxygens (including phenoxy) is 2. The molecule has 0 saturated heterocycles. The van der Waals surface area contributed by atoms with E-state index in [1.54, 1.807) is 24.3 Å². The minimum atomic E-state index is -1.77. The molecule has 2 aromatic rings. The number of amides is 3. The normalized spacial score (nSPS) is 15.6. The zero-order valence-corrected chi connectivity index (χ0v) is 22.0. The van der Waals surface area contributed by atoms with Crippen LogP contribution in [-0.2, 0) is 25.2 Å². The summed E-state index contributed by atoms with van der Waals surface area (Å²) in [5.74, 6) is -0.822. The highest BCUT2D eigenvalue weighted by molar-refractivity contribution is 7.86. The van der Waals surface area contributed by atoms with Gasteiger partial charge in [0.25, 0.3) is 0 Å². The molecule has 2 N–H and O–H groups in total. The summed E-state index contributed by atoms with van der Waals surface area (Å²) in [6.45, 7) is 3.77. The Morgan fingerprint density at radius 2 is 1.73 bits per heavy atom. The Hall–Kier alpha value is -3.40. The van der Waals surface area contributed by atoms with E-state index in [4.69, 9.17) is 9.47 Å². The van der Waals surface area contributed by atoms with Crippen LogP contribution in [0, 0.1) is 13.8 Å². The van der Waals surface area contributed by atoms with E-state index in [-0.39, 0.29) is 36.8 Å². The maximum Gasteiger partial charge on any atom is 0.240 e. The molecule has 1 aliphatic heterocycles. The van der Waals surface area contributed by atoms with Crippen LogP contribution in [0.2, 0.25) is 0 Å². The summed E-state index contributed by atoms with van der Waals surface area (Å²) in [7, 11) is -1.77. The van der Waals surface area contributed by atoms with Crippen LogP contribution in [-0.4, -0.2) is 52.8 Å². The Morgan fingerprint density at radius 3 is 2.51 bits per heavy atom. The van der Waals surface area contributed by atoms with Crippen LogP contribution in [0.15, 0.2) is 36.4 Å². The summed E-state index contributed by atoms with van der Waals surface area (Å²) < 4.78 is 23.4. The second-order valence-corrected chi connectivity index (χ2v) is 10.9. The zero-order chi connectivity index (χ0) is 26.4. The first-order valence-electron chi connectivity index (χ1n) is 12.5. The molecule has 2 aliphatic rings. The second kappa shape index (κ2) is 12.2. The van der Waals surface area contributed by atoms with E-state index in [9.17, 15) is 18.6 Å². The van der Waals surface area contributed by atoms with Gasteiger partial charge in [0.2, 0.25) is 24.5 Å². The number of benzene rings is 2. The van der Waals surface area contributed by atoms with E-state index in [1.807, 2.05) is 26.0 Å². The van der Waals surface area contributed by atoms with Gasteiger partial charge in [0.15, 0.2) is 11.5 Å². The second-order valence-electron chi connectivity index (χ2n) is 9.45. The van der Waals surface area contributed by atoms with Crippen LogP contribution < -0.4 is 25.0 Å². The van der Waals surface area contributed by atoms with Crippen molar-refractivity contribution in [2.45, 2.75) is 52.0 Å². The topological polar surface area (TPSA) is 114 Å². The van der Waals surface area contributed by atoms with Crippen LogP contribution >= 0.6 is 0 Å². The first kappa shape index (κ1) is 26.7. The van der Waals surface area contributed by atoms with Crippen molar-refractivity contribution in [3.05, 3.63) is 47.5 Å². The van der Waals surface area contributed by atoms with Crippen molar-refractivity contribution in [1.82, 2.24) is 5.32 Å².